The first-order valence-electron chi connectivity index (χ1n) is 8.87. The van der Waals surface area contributed by atoms with E-state index in [1.807, 2.05) is 0 Å². The molecular formula is C17H32N2O. The van der Waals surface area contributed by atoms with Crippen molar-refractivity contribution in [3.8, 4) is 0 Å². The van der Waals surface area contributed by atoms with Crippen molar-refractivity contribution in [2.75, 3.05) is 19.6 Å². The molecule has 2 saturated heterocycles. The van der Waals surface area contributed by atoms with E-state index < -0.39 is 0 Å². The van der Waals surface area contributed by atoms with Crippen molar-refractivity contribution in [2.24, 2.45) is 5.41 Å². The largest absolute Gasteiger partial charge is 0.393 e. The zero-order valence-corrected chi connectivity index (χ0v) is 13.1. The first kappa shape index (κ1) is 14.8. The minimum atomic E-state index is -0.0264. The fraction of sp³-hybridized carbons (Fsp3) is 1.00. The van der Waals surface area contributed by atoms with Crippen molar-refractivity contribution in [2.45, 2.75) is 82.9 Å². The molecule has 2 unspecified atom stereocenters. The van der Waals surface area contributed by atoms with Crippen molar-refractivity contribution < 1.29 is 5.11 Å². The van der Waals surface area contributed by atoms with Gasteiger partial charge in [0.2, 0.25) is 0 Å². The van der Waals surface area contributed by atoms with Gasteiger partial charge in [0, 0.05) is 25.2 Å². The Kier molecular flexibility index (Phi) is 4.68. The van der Waals surface area contributed by atoms with Crippen molar-refractivity contribution in [1.82, 2.24) is 10.2 Å². The minimum Gasteiger partial charge on any atom is -0.393 e. The molecule has 2 bridgehead atoms. The summed E-state index contributed by atoms with van der Waals surface area (Å²) >= 11 is 0. The Hall–Kier alpha value is -0.120. The number of piperidine rings is 1. The standard InChI is InChI=1S/C17H32N2O/c1-2-9-18-12-17(7-3-4-8-17)13-19-14-5-6-15(19)11-16(20)10-14/h14-16,18,20H,2-13H2,1H3. The number of aliphatic hydroxyl groups is 1. The van der Waals surface area contributed by atoms with Crippen molar-refractivity contribution >= 4 is 0 Å². The van der Waals surface area contributed by atoms with Crippen LogP contribution in [0, 0.1) is 5.41 Å². The summed E-state index contributed by atoms with van der Waals surface area (Å²) in [5, 5.41) is 13.7. The Balaban J connectivity index is 1.62. The van der Waals surface area contributed by atoms with E-state index in [0.717, 1.165) is 19.4 Å². The van der Waals surface area contributed by atoms with Crippen LogP contribution in [0.1, 0.15) is 64.7 Å². The molecule has 0 aromatic heterocycles. The summed E-state index contributed by atoms with van der Waals surface area (Å²) in [5.41, 5.74) is 0.526. The Morgan fingerprint density at radius 3 is 2.40 bits per heavy atom. The lowest BCUT2D eigenvalue weighted by molar-refractivity contribution is 0.0103. The highest BCUT2D eigenvalue weighted by atomic mass is 16.3. The van der Waals surface area contributed by atoms with Crippen LogP contribution in [-0.2, 0) is 0 Å². The number of rotatable bonds is 6. The summed E-state index contributed by atoms with van der Waals surface area (Å²) in [7, 11) is 0. The molecule has 3 fully saturated rings. The third-order valence-corrected chi connectivity index (χ3v) is 5.97. The van der Waals surface area contributed by atoms with Crippen molar-refractivity contribution in [3.63, 3.8) is 0 Å². The summed E-state index contributed by atoms with van der Waals surface area (Å²) < 4.78 is 0. The third-order valence-electron chi connectivity index (χ3n) is 5.97. The molecule has 116 valence electrons. The summed E-state index contributed by atoms with van der Waals surface area (Å²) in [4.78, 5) is 2.78. The van der Waals surface area contributed by atoms with Crippen LogP contribution in [0.4, 0.5) is 0 Å². The molecule has 0 aromatic rings. The van der Waals surface area contributed by atoms with Crippen LogP contribution in [0.5, 0.6) is 0 Å². The van der Waals surface area contributed by atoms with Gasteiger partial charge in [-0.3, -0.25) is 4.90 Å². The highest BCUT2D eigenvalue weighted by molar-refractivity contribution is 4.99. The Bertz CT molecular complexity index is 300. The maximum absolute atomic E-state index is 9.97. The topological polar surface area (TPSA) is 35.5 Å². The van der Waals surface area contributed by atoms with Crippen LogP contribution in [-0.4, -0.2) is 47.8 Å². The average Bonchev–Trinajstić information content (AvgIpc) is 2.96. The second kappa shape index (κ2) is 6.33. The maximum atomic E-state index is 9.97. The lowest BCUT2D eigenvalue weighted by Crippen LogP contribution is -2.51. The number of aliphatic hydroxyl groups excluding tert-OH is 1. The number of hydrogen-bond donors (Lipinski definition) is 2. The van der Waals surface area contributed by atoms with Crippen molar-refractivity contribution in [3.05, 3.63) is 0 Å². The molecule has 2 atom stereocenters. The monoisotopic (exact) mass is 280 g/mol. The highest BCUT2D eigenvalue weighted by Crippen LogP contribution is 2.43. The summed E-state index contributed by atoms with van der Waals surface area (Å²) in [6, 6.07) is 1.35. The first-order chi connectivity index (χ1) is 9.72. The van der Waals surface area contributed by atoms with Crippen LogP contribution in [0.25, 0.3) is 0 Å². The molecular weight excluding hydrogens is 248 g/mol. The fourth-order valence-electron chi connectivity index (χ4n) is 4.94. The van der Waals surface area contributed by atoms with Gasteiger partial charge in [0.1, 0.15) is 0 Å². The number of hydrogen-bond acceptors (Lipinski definition) is 3. The third kappa shape index (κ3) is 3.05. The summed E-state index contributed by atoms with van der Waals surface area (Å²) in [5.74, 6) is 0. The van der Waals surface area contributed by atoms with E-state index in [1.165, 1.54) is 58.0 Å². The Morgan fingerprint density at radius 2 is 1.80 bits per heavy atom. The van der Waals surface area contributed by atoms with E-state index in [2.05, 4.69) is 17.1 Å². The molecule has 0 radical (unpaired) electrons. The maximum Gasteiger partial charge on any atom is 0.0570 e. The second-order valence-electron chi connectivity index (χ2n) is 7.57. The molecule has 1 saturated carbocycles. The molecule has 3 aliphatic rings. The predicted molar refractivity (Wildman–Crippen MR) is 82.8 cm³/mol. The normalized spacial score (nSPS) is 36.6. The van der Waals surface area contributed by atoms with Gasteiger partial charge >= 0.3 is 0 Å². The Labute approximate surface area is 124 Å². The smallest absolute Gasteiger partial charge is 0.0570 e. The quantitative estimate of drug-likeness (QED) is 0.734. The van der Waals surface area contributed by atoms with E-state index in [-0.39, 0.29) is 6.10 Å². The molecule has 3 heteroatoms. The van der Waals surface area contributed by atoms with Crippen LogP contribution in [0.3, 0.4) is 0 Å². The van der Waals surface area contributed by atoms with Gasteiger partial charge in [-0.1, -0.05) is 19.8 Å². The zero-order valence-electron chi connectivity index (χ0n) is 13.1. The zero-order chi connectivity index (χ0) is 14.0. The van der Waals surface area contributed by atoms with Crippen LogP contribution < -0.4 is 5.32 Å². The molecule has 0 spiro atoms. The number of nitrogens with zero attached hydrogens (tertiary/aromatic N) is 1. The van der Waals surface area contributed by atoms with Gasteiger partial charge in [-0.2, -0.15) is 0 Å². The minimum absolute atomic E-state index is 0.0264. The molecule has 0 aromatic carbocycles. The van der Waals surface area contributed by atoms with Gasteiger partial charge in [-0.15, -0.1) is 0 Å². The molecule has 2 N–H and O–H groups in total. The van der Waals surface area contributed by atoms with Crippen LogP contribution >= 0.6 is 0 Å². The van der Waals surface area contributed by atoms with E-state index in [0.29, 0.717) is 17.5 Å². The molecule has 0 amide bonds. The fourth-order valence-corrected chi connectivity index (χ4v) is 4.94. The van der Waals surface area contributed by atoms with Gasteiger partial charge < -0.3 is 10.4 Å². The SMILES string of the molecule is CCCNCC1(CN2C3CCC2CC(O)C3)CCCC1. The second-order valence-corrected chi connectivity index (χ2v) is 7.57. The van der Waals surface area contributed by atoms with Gasteiger partial charge in [-0.25, -0.2) is 0 Å². The first-order valence-corrected chi connectivity index (χ1v) is 8.87. The molecule has 3 nitrogen and oxygen atoms in total. The van der Waals surface area contributed by atoms with E-state index in [4.69, 9.17) is 0 Å². The lowest BCUT2D eigenvalue weighted by Gasteiger charge is -2.43. The predicted octanol–water partition coefficient (Wildman–Crippen LogP) is 2.53. The lowest BCUT2D eigenvalue weighted by atomic mass is 9.83. The number of fused-ring (bicyclic) bond motifs is 2. The molecule has 20 heavy (non-hydrogen) atoms. The summed E-state index contributed by atoms with van der Waals surface area (Å²) in [6.07, 6.45) is 11.5. The van der Waals surface area contributed by atoms with E-state index in [1.54, 1.807) is 0 Å². The molecule has 2 aliphatic heterocycles. The number of nitrogens with one attached hydrogen (secondary N) is 1. The molecule has 3 rings (SSSR count). The van der Waals surface area contributed by atoms with E-state index in [9.17, 15) is 5.11 Å². The average molecular weight is 280 g/mol. The highest BCUT2D eigenvalue weighted by Gasteiger charge is 2.44. The molecule has 1 aliphatic carbocycles. The van der Waals surface area contributed by atoms with Crippen molar-refractivity contribution in [1.29, 1.82) is 0 Å². The Morgan fingerprint density at radius 1 is 1.15 bits per heavy atom. The van der Waals surface area contributed by atoms with Gasteiger partial charge in [0.15, 0.2) is 0 Å². The van der Waals surface area contributed by atoms with Crippen LogP contribution in [0.2, 0.25) is 0 Å². The van der Waals surface area contributed by atoms with E-state index >= 15 is 0 Å². The van der Waals surface area contributed by atoms with Gasteiger partial charge in [0.25, 0.3) is 0 Å². The molecule has 2 heterocycles. The van der Waals surface area contributed by atoms with Gasteiger partial charge in [0.05, 0.1) is 6.10 Å². The van der Waals surface area contributed by atoms with Crippen LogP contribution in [0.15, 0.2) is 0 Å². The summed E-state index contributed by atoms with van der Waals surface area (Å²) in [6.45, 7) is 5.90. The van der Waals surface area contributed by atoms with Gasteiger partial charge in [-0.05, 0) is 56.9 Å².